The summed E-state index contributed by atoms with van der Waals surface area (Å²) in [6.07, 6.45) is 3.25. The van der Waals surface area contributed by atoms with Crippen molar-refractivity contribution in [1.29, 1.82) is 0 Å². The van der Waals surface area contributed by atoms with Gasteiger partial charge in [-0.15, -0.1) is 0 Å². The van der Waals surface area contributed by atoms with Gasteiger partial charge in [0.1, 0.15) is 0 Å². The second-order valence-corrected chi connectivity index (χ2v) is 7.04. The van der Waals surface area contributed by atoms with Gasteiger partial charge in [0.25, 0.3) is 0 Å². The molecule has 2 aliphatic heterocycles. The Morgan fingerprint density at radius 1 is 1.17 bits per heavy atom. The molecule has 3 rings (SSSR count). The molecule has 1 aromatic carbocycles. The zero-order chi connectivity index (χ0) is 16.2. The zero-order valence-electron chi connectivity index (χ0n) is 13.8. The lowest BCUT2D eigenvalue weighted by atomic mass is 9.95. The normalized spacial score (nSPS) is 23.5. The van der Waals surface area contributed by atoms with Crippen LogP contribution in [0.4, 0.5) is 0 Å². The summed E-state index contributed by atoms with van der Waals surface area (Å²) < 4.78 is 0. The molecular weight excluding hydrogens is 310 g/mol. The Balaban J connectivity index is 1.46. The van der Waals surface area contributed by atoms with Crippen LogP contribution >= 0.6 is 11.6 Å². The van der Waals surface area contributed by atoms with Gasteiger partial charge in [0.2, 0.25) is 5.91 Å². The lowest BCUT2D eigenvalue weighted by molar-refractivity contribution is -0.125. The first-order valence-corrected chi connectivity index (χ1v) is 9.04. The molecule has 23 heavy (non-hydrogen) atoms. The summed E-state index contributed by atoms with van der Waals surface area (Å²) in [5.74, 6) is 0.165. The van der Waals surface area contributed by atoms with Crippen LogP contribution in [0.5, 0.6) is 0 Å². The maximum Gasteiger partial charge on any atom is 0.234 e. The highest BCUT2D eigenvalue weighted by atomic mass is 35.5. The Labute approximate surface area is 143 Å². The third-order valence-electron chi connectivity index (χ3n) is 5.13. The van der Waals surface area contributed by atoms with Gasteiger partial charge in [-0.3, -0.25) is 9.69 Å². The van der Waals surface area contributed by atoms with E-state index in [1.807, 2.05) is 12.1 Å². The highest BCUT2D eigenvalue weighted by Gasteiger charge is 2.31. The van der Waals surface area contributed by atoms with E-state index in [2.05, 4.69) is 34.2 Å². The van der Waals surface area contributed by atoms with Gasteiger partial charge < -0.3 is 10.2 Å². The molecule has 4 nitrogen and oxygen atoms in total. The molecule has 0 aromatic heterocycles. The second kappa shape index (κ2) is 7.65. The van der Waals surface area contributed by atoms with Gasteiger partial charge in [-0.05, 0) is 43.5 Å². The van der Waals surface area contributed by atoms with Crippen molar-refractivity contribution in [2.45, 2.75) is 38.3 Å². The summed E-state index contributed by atoms with van der Waals surface area (Å²) >= 11 is 5.95. The summed E-state index contributed by atoms with van der Waals surface area (Å²) in [6, 6.07) is 8.69. The molecule has 1 aromatic rings. The molecular formula is C18H26ClN3O. The number of likely N-dealkylation sites (tertiary alicyclic amines) is 2. The van der Waals surface area contributed by atoms with Crippen molar-refractivity contribution in [3.8, 4) is 0 Å². The third-order valence-corrected chi connectivity index (χ3v) is 5.38. The van der Waals surface area contributed by atoms with E-state index in [4.69, 9.17) is 11.6 Å². The summed E-state index contributed by atoms with van der Waals surface area (Å²) in [4.78, 5) is 17.0. The van der Waals surface area contributed by atoms with Crippen LogP contribution in [0.1, 0.15) is 37.8 Å². The first-order valence-electron chi connectivity index (χ1n) is 8.67. The van der Waals surface area contributed by atoms with Crippen LogP contribution in [0.3, 0.4) is 0 Å². The number of amides is 1. The van der Waals surface area contributed by atoms with Gasteiger partial charge in [-0.25, -0.2) is 0 Å². The summed E-state index contributed by atoms with van der Waals surface area (Å²) in [5.41, 5.74) is 1.25. The largest absolute Gasteiger partial charge is 0.352 e. The van der Waals surface area contributed by atoms with Crippen LogP contribution < -0.4 is 5.32 Å². The quantitative estimate of drug-likeness (QED) is 0.898. The van der Waals surface area contributed by atoms with Gasteiger partial charge in [0.15, 0.2) is 0 Å². The second-order valence-electron chi connectivity index (χ2n) is 6.60. The number of halogens is 1. The number of nitrogens with zero attached hydrogens (tertiary/aromatic N) is 2. The van der Waals surface area contributed by atoms with E-state index in [0.717, 1.165) is 50.5 Å². The molecule has 1 atom stereocenters. The third kappa shape index (κ3) is 4.25. The minimum absolute atomic E-state index is 0.165. The summed E-state index contributed by atoms with van der Waals surface area (Å²) in [6.45, 7) is 6.99. The van der Waals surface area contributed by atoms with Gasteiger partial charge in [-0.2, -0.15) is 0 Å². The Kier molecular flexibility index (Phi) is 5.57. The summed E-state index contributed by atoms with van der Waals surface area (Å²) in [7, 11) is 0. The fourth-order valence-electron chi connectivity index (χ4n) is 3.54. The van der Waals surface area contributed by atoms with Crippen molar-refractivity contribution in [3.05, 3.63) is 34.9 Å². The molecule has 126 valence electrons. The van der Waals surface area contributed by atoms with Crippen LogP contribution in [0.25, 0.3) is 0 Å². The molecule has 0 unspecified atom stereocenters. The van der Waals surface area contributed by atoms with E-state index >= 15 is 0 Å². The first kappa shape index (κ1) is 16.7. The fourth-order valence-corrected chi connectivity index (χ4v) is 3.67. The lowest BCUT2D eigenvalue weighted by Crippen LogP contribution is -2.50. The SMILES string of the molecule is CCN1CCC(NC(=O)CN2CC[C@H]2c2ccc(Cl)cc2)CC1. The van der Waals surface area contributed by atoms with Crippen LogP contribution in [0.15, 0.2) is 24.3 Å². The Morgan fingerprint density at radius 3 is 2.43 bits per heavy atom. The van der Waals surface area contributed by atoms with E-state index in [-0.39, 0.29) is 5.91 Å². The van der Waals surface area contributed by atoms with Crippen molar-refractivity contribution in [3.63, 3.8) is 0 Å². The highest BCUT2D eigenvalue weighted by Crippen LogP contribution is 2.33. The minimum atomic E-state index is 0.165. The van der Waals surface area contributed by atoms with Crippen molar-refractivity contribution in [2.24, 2.45) is 0 Å². The molecule has 2 heterocycles. The molecule has 0 radical (unpaired) electrons. The molecule has 0 spiro atoms. The van der Waals surface area contributed by atoms with Crippen molar-refractivity contribution in [2.75, 3.05) is 32.7 Å². The number of carbonyl (C=O) groups is 1. The Bertz CT molecular complexity index is 526. The minimum Gasteiger partial charge on any atom is -0.352 e. The van der Waals surface area contributed by atoms with E-state index in [0.29, 0.717) is 18.6 Å². The van der Waals surface area contributed by atoms with E-state index in [9.17, 15) is 4.79 Å². The number of piperidine rings is 1. The van der Waals surface area contributed by atoms with Crippen molar-refractivity contribution < 1.29 is 4.79 Å². The van der Waals surface area contributed by atoms with Crippen LogP contribution in [0, 0.1) is 0 Å². The van der Waals surface area contributed by atoms with Crippen LogP contribution in [0.2, 0.25) is 5.02 Å². The molecule has 2 aliphatic rings. The molecule has 0 aliphatic carbocycles. The number of benzene rings is 1. The van der Waals surface area contributed by atoms with Gasteiger partial charge in [-0.1, -0.05) is 30.7 Å². The van der Waals surface area contributed by atoms with Crippen molar-refractivity contribution in [1.82, 2.24) is 15.1 Å². The van der Waals surface area contributed by atoms with Gasteiger partial charge in [0.05, 0.1) is 6.54 Å². The molecule has 1 amide bonds. The number of hydrogen-bond donors (Lipinski definition) is 1. The Hall–Kier alpha value is -1.10. The molecule has 2 saturated heterocycles. The summed E-state index contributed by atoms with van der Waals surface area (Å²) in [5, 5.41) is 3.98. The van der Waals surface area contributed by atoms with E-state index in [1.165, 1.54) is 5.56 Å². The fraction of sp³-hybridized carbons (Fsp3) is 0.611. The van der Waals surface area contributed by atoms with Crippen molar-refractivity contribution >= 4 is 17.5 Å². The number of carbonyl (C=O) groups excluding carboxylic acids is 1. The molecule has 2 fully saturated rings. The molecule has 0 saturated carbocycles. The molecule has 1 N–H and O–H groups in total. The van der Waals surface area contributed by atoms with E-state index in [1.54, 1.807) is 0 Å². The predicted octanol–water partition coefficient (Wildman–Crippen LogP) is 2.69. The van der Waals surface area contributed by atoms with Gasteiger partial charge >= 0.3 is 0 Å². The highest BCUT2D eigenvalue weighted by molar-refractivity contribution is 6.30. The Morgan fingerprint density at radius 2 is 1.87 bits per heavy atom. The first-order chi connectivity index (χ1) is 11.2. The maximum atomic E-state index is 12.3. The number of nitrogens with one attached hydrogen (secondary N) is 1. The smallest absolute Gasteiger partial charge is 0.234 e. The zero-order valence-corrected chi connectivity index (χ0v) is 14.6. The van der Waals surface area contributed by atoms with Crippen LogP contribution in [-0.4, -0.2) is 54.5 Å². The van der Waals surface area contributed by atoms with Crippen LogP contribution in [-0.2, 0) is 4.79 Å². The molecule has 5 heteroatoms. The lowest BCUT2D eigenvalue weighted by Gasteiger charge is -2.41. The topological polar surface area (TPSA) is 35.6 Å². The van der Waals surface area contributed by atoms with Gasteiger partial charge in [0, 0.05) is 36.7 Å². The molecule has 0 bridgehead atoms. The number of rotatable bonds is 5. The average Bonchev–Trinajstić information content (AvgIpc) is 2.54. The monoisotopic (exact) mass is 335 g/mol. The average molecular weight is 336 g/mol. The maximum absolute atomic E-state index is 12.3. The standard InChI is InChI=1S/C18H26ClN3O/c1-2-21-10-7-16(8-11-21)20-18(23)13-22-12-9-17(22)14-3-5-15(19)6-4-14/h3-6,16-17H,2,7-13H2,1H3,(H,20,23)/t17-/m0/s1. The predicted molar refractivity (Wildman–Crippen MR) is 93.7 cm³/mol. The number of hydrogen-bond acceptors (Lipinski definition) is 3. The van der Waals surface area contributed by atoms with E-state index < -0.39 is 0 Å².